The van der Waals surface area contributed by atoms with Gasteiger partial charge in [-0.3, -0.25) is 15.1 Å². The van der Waals surface area contributed by atoms with Gasteiger partial charge in [-0.2, -0.15) is 0 Å². The fraction of sp³-hybridized carbons (Fsp3) is 0.348. The molecule has 0 spiro atoms. The van der Waals surface area contributed by atoms with Crippen LogP contribution in [0.25, 0.3) is 5.70 Å². The molecule has 28 heavy (non-hydrogen) atoms. The summed E-state index contributed by atoms with van der Waals surface area (Å²) in [5, 5.41) is 9.13. The van der Waals surface area contributed by atoms with Gasteiger partial charge in [0.2, 0.25) is 0 Å². The Labute approximate surface area is 165 Å². The maximum Gasteiger partial charge on any atom is 0.253 e. The summed E-state index contributed by atoms with van der Waals surface area (Å²) in [5.74, 6) is 0.747. The van der Waals surface area contributed by atoms with Crippen LogP contribution in [0.3, 0.4) is 0 Å². The van der Waals surface area contributed by atoms with E-state index in [1.165, 1.54) is 5.56 Å². The van der Waals surface area contributed by atoms with Crippen molar-refractivity contribution in [2.45, 2.75) is 25.4 Å². The number of likely N-dealkylation sites (tertiary alicyclic amines) is 1. The summed E-state index contributed by atoms with van der Waals surface area (Å²) in [5.41, 5.74) is 6.67. The van der Waals surface area contributed by atoms with Crippen molar-refractivity contribution in [3.05, 3.63) is 77.4 Å². The molecule has 1 atom stereocenters. The lowest BCUT2D eigenvalue weighted by molar-refractivity contribution is 0.0173. The van der Waals surface area contributed by atoms with Crippen LogP contribution < -0.4 is 5.48 Å². The fourth-order valence-electron chi connectivity index (χ4n) is 3.90. The zero-order valence-corrected chi connectivity index (χ0v) is 15.9. The largest absolute Gasteiger partial charge is 0.393 e. The highest BCUT2D eigenvalue weighted by Gasteiger charge is 2.24. The second-order valence-corrected chi connectivity index (χ2v) is 7.52. The van der Waals surface area contributed by atoms with Crippen LogP contribution in [0, 0.1) is 5.92 Å². The summed E-state index contributed by atoms with van der Waals surface area (Å²) in [7, 11) is 0. The van der Waals surface area contributed by atoms with Gasteiger partial charge in [-0.05, 0) is 54.5 Å². The fourth-order valence-corrected chi connectivity index (χ4v) is 3.90. The summed E-state index contributed by atoms with van der Waals surface area (Å²) < 4.78 is 0. The number of carbonyl (C=O) groups excluding carboxylic acids is 1. The van der Waals surface area contributed by atoms with Crippen molar-refractivity contribution in [2.24, 2.45) is 5.92 Å². The number of hydrogen-bond acceptors (Lipinski definition) is 4. The molecule has 1 fully saturated rings. The van der Waals surface area contributed by atoms with Gasteiger partial charge >= 0.3 is 0 Å². The maximum atomic E-state index is 12.8. The number of hydrogen-bond donors (Lipinski definition) is 2. The van der Waals surface area contributed by atoms with Crippen LogP contribution in [0.5, 0.6) is 0 Å². The van der Waals surface area contributed by atoms with Gasteiger partial charge in [0.25, 0.3) is 5.91 Å². The van der Waals surface area contributed by atoms with E-state index in [1.54, 1.807) is 0 Å². The first-order valence-corrected chi connectivity index (χ1v) is 9.91. The number of amides is 1. The molecular weight excluding hydrogens is 352 g/mol. The predicted molar refractivity (Wildman–Crippen MR) is 108 cm³/mol. The van der Waals surface area contributed by atoms with Crippen molar-refractivity contribution in [1.82, 2.24) is 10.4 Å². The Kier molecular flexibility index (Phi) is 5.74. The average molecular weight is 378 g/mol. The Morgan fingerprint density at radius 1 is 1.07 bits per heavy atom. The van der Waals surface area contributed by atoms with Gasteiger partial charge in [-0.25, -0.2) is 0 Å². The molecule has 2 aliphatic rings. The number of rotatable bonds is 5. The standard InChI is InChI=1S/C23H26N2O3/c26-16-21-15-22(24-28-21)19-6-8-20(9-7-19)23(27)25-12-10-18(11-13-25)14-17-4-2-1-3-5-17/h1-9,15,18,21,24,26H,10-14,16H2. The molecule has 0 aliphatic carbocycles. The topological polar surface area (TPSA) is 61.8 Å². The van der Waals surface area contributed by atoms with Gasteiger partial charge in [0.05, 0.1) is 12.3 Å². The van der Waals surface area contributed by atoms with E-state index in [9.17, 15) is 4.79 Å². The quantitative estimate of drug-likeness (QED) is 0.840. The van der Waals surface area contributed by atoms with E-state index in [4.69, 9.17) is 9.94 Å². The number of piperidine rings is 1. The predicted octanol–water partition coefficient (Wildman–Crippen LogP) is 3.02. The van der Waals surface area contributed by atoms with Crippen molar-refractivity contribution >= 4 is 11.6 Å². The Balaban J connectivity index is 1.33. The van der Waals surface area contributed by atoms with Crippen LogP contribution >= 0.6 is 0 Å². The van der Waals surface area contributed by atoms with Gasteiger partial charge in [0.15, 0.2) is 0 Å². The van der Waals surface area contributed by atoms with Crippen LogP contribution in [0.2, 0.25) is 0 Å². The molecule has 0 saturated carbocycles. The number of nitrogens with zero attached hydrogens (tertiary/aromatic N) is 1. The van der Waals surface area contributed by atoms with Crippen LogP contribution in [0.4, 0.5) is 0 Å². The minimum atomic E-state index is -0.325. The lowest BCUT2D eigenvalue weighted by atomic mass is 9.90. The molecule has 4 rings (SSSR count). The summed E-state index contributed by atoms with van der Waals surface area (Å²) >= 11 is 0. The molecule has 1 unspecified atom stereocenters. The third-order valence-corrected chi connectivity index (χ3v) is 5.56. The third-order valence-electron chi connectivity index (χ3n) is 5.56. The number of aliphatic hydroxyl groups is 1. The molecule has 1 amide bonds. The zero-order chi connectivity index (χ0) is 19.3. The first kappa shape index (κ1) is 18.7. The van der Waals surface area contributed by atoms with Crippen LogP contribution in [-0.2, 0) is 11.3 Å². The molecule has 2 N–H and O–H groups in total. The van der Waals surface area contributed by atoms with Crippen molar-refractivity contribution in [3.63, 3.8) is 0 Å². The second kappa shape index (κ2) is 8.59. The van der Waals surface area contributed by atoms with E-state index < -0.39 is 0 Å². The van der Waals surface area contributed by atoms with E-state index in [0.717, 1.165) is 43.6 Å². The third kappa shape index (κ3) is 4.26. The molecule has 146 valence electrons. The lowest BCUT2D eigenvalue weighted by Crippen LogP contribution is -2.38. The van der Waals surface area contributed by atoms with E-state index in [0.29, 0.717) is 11.5 Å². The highest BCUT2D eigenvalue weighted by molar-refractivity contribution is 5.94. The highest BCUT2D eigenvalue weighted by Crippen LogP contribution is 2.24. The first-order valence-electron chi connectivity index (χ1n) is 9.91. The molecule has 5 heteroatoms. The van der Waals surface area contributed by atoms with Gasteiger partial charge in [-0.15, -0.1) is 0 Å². The SMILES string of the molecule is O=C(c1ccc(C2=CC(CO)ON2)cc1)N1CCC(Cc2ccccc2)CC1. The Hall–Kier alpha value is -2.63. The normalized spacial score (nSPS) is 20.0. The van der Waals surface area contributed by atoms with Crippen LogP contribution in [0.1, 0.15) is 34.3 Å². The summed E-state index contributed by atoms with van der Waals surface area (Å²) in [4.78, 5) is 20.0. The molecule has 2 heterocycles. The Bertz CT molecular complexity index is 825. The van der Waals surface area contributed by atoms with Crippen LogP contribution in [0.15, 0.2) is 60.7 Å². The summed E-state index contributed by atoms with van der Waals surface area (Å²) in [6, 6.07) is 18.1. The van der Waals surface area contributed by atoms with Gasteiger partial charge in [0, 0.05) is 18.7 Å². The molecule has 1 saturated heterocycles. The monoisotopic (exact) mass is 378 g/mol. The Morgan fingerprint density at radius 3 is 2.43 bits per heavy atom. The minimum Gasteiger partial charge on any atom is -0.393 e. The zero-order valence-electron chi connectivity index (χ0n) is 15.9. The summed E-state index contributed by atoms with van der Waals surface area (Å²) in [6.07, 6.45) is 4.71. The number of benzene rings is 2. The molecule has 0 radical (unpaired) electrons. The maximum absolute atomic E-state index is 12.8. The summed E-state index contributed by atoms with van der Waals surface area (Å²) in [6.45, 7) is 1.57. The lowest BCUT2D eigenvalue weighted by Gasteiger charge is -2.32. The molecule has 5 nitrogen and oxygen atoms in total. The average Bonchev–Trinajstić information content (AvgIpc) is 3.24. The van der Waals surface area contributed by atoms with E-state index in [2.05, 4.69) is 29.7 Å². The number of nitrogens with one attached hydrogen (secondary N) is 1. The number of aliphatic hydroxyl groups excluding tert-OH is 1. The van der Waals surface area contributed by atoms with Gasteiger partial charge in [-0.1, -0.05) is 42.5 Å². The molecule has 0 aromatic heterocycles. The molecule has 2 aromatic carbocycles. The van der Waals surface area contributed by atoms with Gasteiger partial charge in [0.1, 0.15) is 6.10 Å². The first-order chi connectivity index (χ1) is 13.7. The molecule has 2 aromatic rings. The van der Waals surface area contributed by atoms with Crippen molar-refractivity contribution < 1.29 is 14.7 Å². The second-order valence-electron chi connectivity index (χ2n) is 7.52. The van der Waals surface area contributed by atoms with Crippen molar-refractivity contribution in [2.75, 3.05) is 19.7 Å². The van der Waals surface area contributed by atoms with E-state index >= 15 is 0 Å². The molecule has 0 bridgehead atoms. The highest BCUT2D eigenvalue weighted by atomic mass is 16.7. The van der Waals surface area contributed by atoms with E-state index in [1.807, 2.05) is 41.3 Å². The van der Waals surface area contributed by atoms with Crippen LogP contribution in [-0.4, -0.2) is 41.7 Å². The van der Waals surface area contributed by atoms with E-state index in [-0.39, 0.29) is 18.6 Å². The smallest absolute Gasteiger partial charge is 0.253 e. The molecule has 2 aliphatic heterocycles. The van der Waals surface area contributed by atoms with Gasteiger partial charge < -0.3 is 10.0 Å². The molecular formula is C23H26N2O3. The van der Waals surface area contributed by atoms with Crippen molar-refractivity contribution in [1.29, 1.82) is 0 Å². The van der Waals surface area contributed by atoms with Crippen molar-refractivity contribution in [3.8, 4) is 0 Å². The minimum absolute atomic E-state index is 0.0622. The number of hydroxylamine groups is 1. The number of carbonyl (C=O) groups is 1. The Morgan fingerprint density at radius 2 is 1.79 bits per heavy atom.